The lowest BCUT2D eigenvalue weighted by molar-refractivity contribution is 0.144. The number of nitrogens with zero attached hydrogens (tertiary/aromatic N) is 1. The number of hydrogen-bond acceptors (Lipinski definition) is 4. The average molecular weight is 359 g/mol. The van der Waals surface area contributed by atoms with E-state index in [-0.39, 0.29) is 12.1 Å². The summed E-state index contributed by atoms with van der Waals surface area (Å²) in [5.74, 6) is 1.03. The van der Waals surface area contributed by atoms with E-state index in [2.05, 4.69) is 33.2 Å². The molecule has 1 aromatic rings. The maximum Gasteiger partial charge on any atom is 0.110 e. The van der Waals surface area contributed by atoms with Gasteiger partial charge in [-0.3, -0.25) is 0 Å². The van der Waals surface area contributed by atoms with E-state index < -0.39 is 0 Å². The Labute approximate surface area is 134 Å². The van der Waals surface area contributed by atoms with Gasteiger partial charge in [0.25, 0.3) is 0 Å². The van der Waals surface area contributed by atoms with Crippen LogP contribution < -0.4 is 5.32 Å². The minimum atomic E-state index is -0.0803. The van der Waals surface area contributed by atoms with Crippen LogP contribution in [-0.2, 0) is 0 Å². The number of pyridine rings is 1. The fourth-order valence-corrected chi connectivity index (χ4v) is 3.73. The van der Waals surface area contributed by atoms with Crippen molar-refractivity contribution in [1.29, 1.82) is 0 Å². The molecule has 1 aliphatic rings. The number of aromatic nitrogens is 1. The number of thioether (sulfide) groups is 1. The molecule has 1 aromatic heterocycles. The average Bonchev–Trinajstić information content (AvgIpc) is 3.28. The highest BCUT2D eigenvalue weighted by molar-refractivity contribution is 9.10. The minimum Gasteiger partial charge on any atom is -0.394 e. The molecule has 0 aliphatic heterocycles. The third-order valence-corrected chi connectivity index (χ3v) is 5.82. The predicted molar refractivity (Wildman–Crippen MR) is 88.2 cm³/mol. The first-order valence-electron chi connectivity index (χ1n) is 7.31. The van der Waals surface area contributed by atoms with Crippen LogP contribution in [0.25, 0.3) is 0 Å². The van der Waals surface area contributed by atoms with Crippen LogP contribution in [0.4, 0.5) is 0 Å². The molecular formula is C15H23BrN2OS. The van der Waals surface area contributed by atoms with Crippen LogP contribution in [0.3, 0.4) is 0 Å². The number of halogens is 1. The maximum absolute atomic E-state index is 9.72. The molecule has 0 bridgehead atoms. The molecule has 0 amide bonds. The fourth-order valence-electron chi connectivity index (χ4n) is 2.31. The zero-order valence-electron chi connectivity index (χ0n) is 11.9. The van der Waals surface area contributed by atoms with Gasteiger partial charge in [0.15, 0.2) is 0 Å². The molecule has 1 heterocycles. The summed E-state index contributed by atoms with van der Waals surface area (Å²) in [5, 5.41) is 14.4. The molecule has 1 aliphatic carbocycles. The third-order valence-electron chi connectivity index (χ3n) is 3.83. The van der Waals surface area contributed by atoms with Crippen LogP contribution in [0, 0.1) is 0 Å². The summed E-state index contributed by atoms with van der Waals surface area (Å²) >= 11 is 5.30. The molecule has 1 unspecified atom stereocenters. The largest absolute Gasteiger partial charge is 0.394 e. The SMILES string of the molecule is CCC(CO)(CCCSc1ncccc1Br)NC1CC1. The molecule has 112 valence electrons. The van der Waals surface area contributed by atoms with E-state index in [1.54, 1.807) is 11.8 Å². The van der Waals surface area contributed by atoms with Crippen molar-refractivity contribution in [3.63, 3.8) is 0 Å². The van der Waals surface area contributed by atoms with Crippen molar-refractivity contribution < 1.29 is 5.11 Å². The summed E-state index contributed by atoms with van der Waals surface area (Å²) in [4.78, 5) is 4.36. The Morgan fingerprint density at radius 2 is 2.35 bits per heavy atom. The van der Waals surface area contributed by atoms with Crippen molar-refractivity contribution in [1.82, 2.24) is 10.3 Å². The molecule has 20 heavy (non-hydrogen) atoms. The second-order valence-electron chi connectivity index (χ2n) is 5.45. The lowest BCUT2D eigenvalue weighted by Crippen LogP contribution is -2.49. The quantitative estimate of drug-likeness (QED) is 0.522. The van der Waals surface area contributed by atoms with Crippen LogP contribution in [0.5, 0.6) is 0 Å². The summed E-state index contributed by atoms with van der Waals surface area (Å²) in [6, 6.07) is 4.59. The lowest BCUT2D eigenvalue weighted by Gasteiger charge is -2.32. The van der Waals surface area contributed by atoms with Gasteiger partial charge in [-0.1, -0.05) is 6.92 Å². The lowest BCUT2D eigenvalue weighted by atomic mass is 9.91. The van der Waals surface area contributed by atoms with Gasteiger partial charge in [0.2, 0.25) is 0 Å². The number of aliphatic hydroxyl groups is 1. The molecule has 0 saturated heterocycles. The minimum absolute atomic E-state index is 0.0803. The zero-order valence-corrected chi connectivity index (χ0v) is 14.3. The van der Waals surface area contributed by atoms with Crippen LogP contribution in [0.1, 0.15) is 39.0 Å². The van der Waals surface area contributed by atoms with Gasteiger partial charge in [0.1, 0.15) is 5.03 Å². The van der Waals surface area contributed by atoms with Crippen LogP contribution in [-0.4, -0.2) is 34.0 Å². The molecular weight excluding hydrogens is 336 g/mol. The summed E-state index contributed by atoms with van der Waals surface area (Å²) < 4.78 is 1.06. The van der Waals surface area contributed by atoms with Crippen LogP contribution in [0.2, 0.25) is 0 Å². The Hall–Kier alpha value is -0.100. The molecule has 2 N–H and O–H groups in total. The first-order valence-corrected chi connectivity index (χ1v) is 9.09. The highest BCUT2D eigenvalue weighted by atomic mass is 79.9. The second kappa shape index (κ2) is 7.78. The van der Waals surface area contributed by atoms with E-state index >= 15 is 0 Å². The number of nitrogens with one attached hydrogen (secondary N) is 1. The van der Waals surface area contributed by atoms with Gasteiger partial charge in [-0.2, -0.15) is 0 Å². The van der Waals surface area contributed by atoms with Gasteiger partial charge in [0.05, 0.1) is 6.61 Å². The van der Waals surface area contributed by atoms with Crippen molar-refractivity contribution >= 4 is 27.7 Å². The molecule has 1 fully saturated rings. The topological polar surface area (TPSA) is 45.2 Å². The monoisotopic (exact) mass is 358 g/mol. The molecule has 0 radical (unpaired) electrons. The zero-order chi connectivity index (χ0) is 14.4. The first kappa shape index (κ1) is 16.3. The van der Waals surface area contributed by atoms with Gasteiger partial charge in [0, 0.05) is 22.3 Å². The van der Waals surface area contributed by atoms with Gasteiger partial charge in [-0.25, -0.2) is 4.98 Å². The fraction of sp³-hybridized carbons (Fsp3) is 0.667. The van der Waals surface area contributed by atoms with E-state index in [0.29, 0.717) is 6.04 Å². The maximum atomic E-state index is 9.72. The number of hydrogen-bond donors (Lipinski definition) is 2. The Morgan fingerprint density at radius 3 is 2.95 bits per heavy atom. The Balaban J connectivity index is 1.77. The van der Waals surface area contributed by atoms with Crippen molar-refractivity contribution in [2.75, 3.05) is 12.4 Å². The normalized spacial score (nSPS) is 17.9. The van der Waals surface area contributed by atoms with Gasteiger partial charge < -0.3 is 10.4 Å². The van der Waals surface area contributed by atoms with Crippen molar-refractivity contribution in [3.05, 3.63) is 22.8 Å². The van der Waals surface area contributed by atoms with E-state index in [9.17, 15) is 5.11 Å². The van der Waals surface area contributed by atoms with E-state index in [4.69, 9.17) is 0 Å². The van der Waals surface area contributed by atoms with Crippen molar-refractivity contribution in [3.8, 4) is 0 Å². The highest BCUT2D eigenvalue weighted by Crippen LogP contribution is 2.29. The van der Waals surface area contributed by atoms with Crippen molar-refractivity contribution in [2.45, 2.75) is 55.6 Å². The summed E-state index contributed by atoms with van der Waals surface area (Å²) in [7, 11) is 0. The van der Waals surface area contributed by atoms with Gasteiger partial charge in [-0.15, -0.1) is 11.8 Å². The van der Waals surface area contributed by atoms with Crippen LogP contribution >= 0.6 is 27.7 Å². The molecule has 1 saturated carbocycles. The summed E-state index contributed by atoms with van der Waals surface area (Å²) in [6.45, 7) is 2.39. The Bertz CT molecular complexity index is 422. The smallest absolute Gasteiger partial charge is 0.110 e. The second-order valence-corrected chi connectivity index (χ2v) is 7.39. The van der Waals surface area contributed by atoms with E-state index in [1.165, 1.54) is 12.8 Å². The Kier molecular flexibility index (Phi) is 6.33. The van der Waals surface area contributed by atoms with Crippen LogP contribution in [0.15, 0.2) is 27.8 Å². The summed E-state index contributed by atoms with van der Waals surface area (Å²) in [6.07, 6.45) is 7.44. The Morgan fingerprint density at radius 1 is 1.55 bits per heavy atom. The predicted octanol–water partition coefficient (Wildman–Crippen LogP) is 3.61. The number of rotatable bonds is 9. The molecule has 2 rings (SSSR count). The molecule has 0 spiro atoms. The third kappa shape index (κ3) is 4.72. The molecule has 1 atom stereocenters. The highest BCUT2D eigenvalue weighted by Gasteiger charge is 2.33. The summed E-state index contributed by atoms with van der Waals surface area (Å²) in [5.41, 5.74) is -0.0803. The molecule has 3 nitrogen and oxygen atoms in total. The van der Waals surface area contributed by atoms with Crippen molar-refractivity contribution in [2.24, 2.45) is 0 Å². The van der Waals surface area contributed by atoms with E-state index in [0.717, 1.165) is 34.5 Å². The molecule has 0 aromatic carbocycles. The van der Waals surface area contributed by atoms with Gasteiger partial charge in [-0.05, 0) is 65.9 Å². The van der Waals surface area contributed by atoms with Gasteiger partial charge >= 0.3 is 0 Å². The first-order chi connectivity index (χ1) is 9.69. The number of aliphatic hydroxyl groups excluding tert-OH is 1. The molecule has 5 heteroatoms. The standard InChI is InChI=1S/C15H23BrN2OS/c1-2-15(11-19,18-12-6-7-12)8-4-10-20-14-13(16)5-3-9-17-14/h3,5,9,12,18-19H,2,4,6-8,10-11H2,1H3. The van der Waals surface area contributed by atoms with E-state index in [1.807, 2.05) is 18.3 Å².